The van der Waals surface area contributed by atoms with E-state index in [1.807, 2.05) is 12.3 Å². The number of rotatable bonds is 2. The molecule has 1 heteroatoms. The SMILES string of the molecule is CC(C)Cc1ccc[nH+]c1. The second-order valence-corrected chi connectivity index (χ2v) is 3.01. The minimum atomic E-state index is 0.746. The van der Waals surface area contributed by atoms with E-state index in [1.54, 1.807) is 0 Å². The second-order valence-electron chi connectivity index (χ2n) is 3.01. The molecule has 0 saturated heterocycles. The summed E-state index contributed by atoms with van der Waals surface area (Å²) in [5.74, 6) is 0.746. The predicted octanol–water partition coefficient (Wildman–Crippen LogP) is 1.70. The van der Waals surface area contributed by atoms with Gasteiger partial charge in [0.25, 0.3) is 0 Å². The van der Waals surface area contributed by atoms with Crippen LogP contribution in [0.3, 0.4) is 0 Å². The van der Waals surface area contributed by atoms with Gasteiger partial charge in [-0.25, -0.2) is 4.98 Å². The first-order chi connectivity index (χ1) is 4.79. The fourth-order valence-electron chi connectivity index (χ4n) is 1.03. The van der Waals surface area contributed by atoms with Gasteiger partial charge in [0.2, 0.25) is 0 Å². The lowest BCUT2D eigenvalue weighted by atomic mass is 10.1. The molecule has 0 spiro atoms. The topological polar surface area (TPSA) is 14.1 Å². The zero-order valence-corrected chi connectivity index (χ0v) is 6.59. The number of H-pyrrole nitrogens is 1. The van der Waals surface area contributed by atoms with Crippen molar-refractivity contribution in [1.82, 2.24) is 0 Å². The van der Waals surface area contributed by atoms with E-state index >= 15 is 0 Å². The lowest BCUT2D eigenvalue weighted by molar-refractivity contribution is -0.378. The van der Waals surface area contributed by atoms with Crippen molar-refractivity contribution >= 4 is 0 Å². The van der Waals surface area contributed by atoms with Crippen molar-refractivity contribution in [3.05, 3.63) is 30.1 Å². The third kappa shape index (κ3) is 2.18. The Bertz CT molecular complexity index is 179. The van der Waals surface area contributed by atoms with E-state index in [2.05, 4.69) is 31.1 Å². The van der Waals surface area contributed by atoms with Crippen molar-refractivity contribution in [3.63, 3.8) is 0 Å². The molecule has 0 aliphatic rings. The van der Waals surface area contributed by atoms with Crippen LogP contribution >= 0.6 is 0 Å². The van der Waals surface area contributed by atoms with E-state index < -0.39 is 0 Å². The summed E-state index contributed by atoms with van der Waals surface area (Å²) < 4.78 is 0. The van der Waals surface area contributed by atoms with Gasteiger partial charge < -0.3 is 0 Å². The molecule has 0 bridgehead atoms. The first-order valence-corrected chi connectivity index (χ1v) is 3.74. The summed E-state index contributed by atoms with van der Waals surface area (Å²) >= 11 is 0. The van der Waals surface area contributed by atoms with Gasteiger partial charge in [0.05, 0.1) is 0 Å². The molecule has 0 aliphatic heterocycles. The highest BCUT2D eigenvalue weighted by Crippen LogP contribution is 2.03. The van der Waals surface area contributed by atoms with Crippen LogP contribution in [0.2, 0.25) is 0 Å². The molecule has 0 fully saturated rings. The van der Waals surface area contributed by atoms with Gasteiger partial charge in [-0.3, -0.25) is 0 Å². The van der Waals surface area contributed by atoms with Crippen LogP contribution in [-0.4, -0.2) is 0 Å². The highest BCUT2D eigenvalue weighted by Gasteiger charge is 1.97. The molecule has 0 saturated carbocycles. The minimum Gasteiger partial charge on any atom is -0.218 e. The van der Waals surface area contributed by atoms with Crippen LogP contribution in [0, 0.1) is 5.92 Å². The Kier molecular flexibility index (Phi) is 2.43. The summed E-state index contributed by atoms with van der Waals surface area (Å²) in [6.07, 6.45) is 5.15. The lowest BCUT2D eigenvalue weighted by Crippen LogP contribution is -2.03. The van der Waals surface area contributed by atoms with Gasteiger partial charge in [0.1, 0.15) is 0 Å². The monoisotopic (exact) mass is 136 g/mol. The molecular formula is C9H14N+. The van der Waals surface area contributed by atoms with Gasteiger partial charge in [-0.2, -0.15) is 0 Å². The Balaban J connectivity index is 2.59. The number of aromatic nitrogens is 1. The summed E-state index contributed by atoms with van der Waals surface area (Å²) in [6, 6.07) is 4.19. The van der Waals surface area contributed by atoms with Crippen LogP contribution in [-0.2, 0) is 6.42 Å². The van der Waals surface area contributed by atoms with E-state index in [-0.39, 0.29) is 0 Å². The molecule has 0 unspecified atom stereocenters. The molecule has 1 nitrogen and oxygen atoms in total. The van der Waals surface area contributed by atoms with E-state index in [1.165, 1.54) is 5.56 Å². The quantitative estimate of drug-likeness (QED) is 0.587. The normalized spacial score (nSPS) is 10.3. The number of pyridine rings is 1. The molecule has 0 radical (unpaired) electrons. The van der Waals surface area contributed by atoms with E-state index in [9.17, 15) is 0 Å². The first-order valence-electron chi connectivity index (χ1n) is 3.74. The van der Waals surface area contributed by atoms with Crippen molar-refractivity contribution in [1.29, 1.82) is 0 Å². The van der Waals surface area contributed by atoms with Gasteiger partial charge in [0.15, 0.2) is 12.4 Å². The molecule has 1 rings (SSSR count). The van der Waals surface area contributed by atoms with Crippen LogP contribution in [0.25, 0.3) is 0 Å². The fourth-order valence-corrected chi connectivity index (χ4v) is 1.03. The molecule has 1 aromatic rings. The molecule has 1 heterocycles. The Morgan fingerprint density at radius 3 is 2.80 bits per heavy atom. The Labute approximate surface area is 62.1 Å². The van der Waals surface area contributed by atoms with Crippen LogP contribution in [0.1, 0.15) is 19.4 Å². The van der Waals surface area contributed by atoms with Crippen molar-refractivity contribution in [2.45, 2.75) is 20.3 Å². The maximum Gasteiger partial charge on any atom is 0.170 e. The molecule has 1 aromatic heterocycles. The predicted molar refractivity (Wildman–Crippen MR) is 41.5 cm³/mol. The average Bonchev–Trinajstić information content (AvgIpc) is 1.88. The highest BCUT2D eigenvalue weighted by atomic mass is 14.6. The van der Waals surface area contributed by atoms with Crippen LogP contribution in [0.4, 0.5) is 0 Å². The van der Waals surface area contributed by atoms with Crippen molar-refractivity contribution < 1.29 is 4.98 Å². The molecule has 0 atom stereocenters. The van der Waals surface area contributed by atoms with Gasteiger partial charge in [0, 0.05) is 11.6 Å². The molecule has 0 amide bonds. The van der Waals surface area contributed by atoms with Crippen LogP contribution in [0.5, 0.6) is 0 Å². The van der Waals surface area contributed by atoms with E-state index in [4.69, 9.17) is 0 Å². The van der Waals surface area contributed by atoms with Crippen molar-refractivity contribution in [3.8, 4) is 0 Å². The summed E-state index contributed by atoms with van der Waals surface area (Å²) in [6.45, 7) is 4.46. The first kappa shape index (κ1) is 7.26. The summed E-state index contributed by atoms with van der Waals surface area (Å²) in [5.41, 5.74) is 1.39. The third-order valence-corrected chi connectivity index (χ3v) is 1.42. The number of aromatic amines is 1. The average molecular weight is 136 g/mol. The number of hydrogen-bond acceptors (Lipinski definition) is 0. The van der Waals surface area contributed by atoms with Gasteiger partial charge in [-0.1, -0.05) is 13.8 Å². The number of nitrogens with one attached hydrogen (secondary N) is 1. The van der Waals surface area contributed by atoms with Crippen molar-refractivity contribution in [2.75, 3.05) is 0 Å². The zero-order valence-electron chi connectivity index (χ0n) is 6.59. The van der Waals surface area contributed by atoms with Crippen molar-refractivity contribution in [2.24, 2.45) is 5.92 Å². The fraction of sp³-hybridized carbons (Fsp3) is 0.444. The smallest absolute Gasteiger partial charge is 0.170 e. The molecule has 10 heavy (non-hydrogen) atoms. The van der Waals surface area contributed by atoms with Gasteiger partial charge in [-0.05, 0) is 18.4 Å². The standard InChI is InChI=1S/C9H13N/c1-8(2)6-9-4-3-5-10-7-9/h3-5,7-8H,6H2,1-2H3/p+1. The largest absolute Gasteiger partial charge is 0.218 e. The Hall–Kier alpha value is -0.850. The molecule has 54 valence electrons. The molecule has 0 aliphatic carbocycles. The number of hydrogen-bond donors (Lipinski definition) is 0. The van der Waals surface area contributed by atoms with E-state index in [0.717, 1.165) is 12.3 Å². The minimum absolute atomic E-state index is 0.746. The van der Waals surface area contributed by atoms with E-state index in [0.29, 0.717) is 0 Å². The van der Waals surface area contributed by atoms with Gasteiger partial charge >= 0.3 is 0 Å². The van der Waals surface area contributed by atoms with Crippen LogP contribution in [0.15, 0.2) is 24.5 Å². The second kappa shape index (κ2) is 3.35. The third-order valence-electron chi connectivity index (χ3n) is 1.42. The zero-order chi connectivity index (χ0) is 7.40. The summed E-state index contributed by atoms with van der Waals surface area (Å²) in [7, 11) is 0. The summed E-state index contributed by atoms with van der Waals surface area (Å²) in [5, 5.41) is 0. The molecular weight excluding hydrogens is 122 g/mol. The molecule has 0 aromatic carbocycles. The lowest BCUT2D eigenvalue weighted by Gasteiger charge is -1.99. The maximum atomic E-state index is 3.07. The Morgan fingerprint density at radius 2 is 2.30 bits per heavy atom. The maximum absolute atomic E-state index is 3.07. The van der Waals surface area contributed by atoms with Crippen LogP contribution < -0.4 is 4.98 Å². The Morgan fingerprint density at radius 1 is 1.50 bits per heavy atom. The van der Waals surface area contributed by atoms with Gasteiger partial charge in [-0.15, -0.1) is 0 Å². The highest BCUT2D eigenvalue weighted by molar-refractivity contribution is 5.05. The summed E-state index contributed by atoms with van der Waals surface area (Å²) in [4.78, 5) is 3.07. The molecule has 1 N–H and O–H groups in total.